The fourth-order valence-corrected chi connectivity index (χ4v) is 10.6. The second-order valence-electron chi connectivity index (χ2n) is 16.8. The van der Waals surface area contributed by atoms with Gasteiger partial charge in [-0.15, -0.1) is 0 Å². The van der Waals surface area contributed by atoms with Crippen LogP contribution in [-0.2, 0) is 5.41 Å². The van der Waals surface area contributed by atoms with Crippen molar-refractivity contribution in [3.05, 3.63) is 277 Å². The smallest absolute Gasteiger partial charge is 0.0728 e. The van der Waals surface area contributed by atoms with E-state index in [0.29, 0.717) is 0 Å². The van der Waals surface area contributed by atoms with Crippen LogP contribution in [-0.4, -0.2) is 0 Å². The highest BCUT2D eigenvalue weighted by Crippen LogP contribution is 2.65. The van der Waals surface area contributed by atoms with Gasteiger partial charge in [-0.3, -0.25) is 0 Å². The molecular weight excluding hydrogens is 820 g/mol. The molecule has 0 aromatic heterocycles. The Hall–Kier alpha value is -8.30. The number of rotatable bonds is 10. The number of para-hydroxylation sites is 6. The van der Waals surface area contributed by atoms with Gasteiger partial charge in [0.15, 0.2) is 0 Å². The van der Waals surface area contributed by atoms with Crippen LogP contribution in [0.15, 0.2) is 260 Å². The molecule has 1 spiro atoms. The maximum atomic E-state index is 4.63. The molecule has 4 nitrogen and oxygen atoms in total. The number of nitrogens with zero attached hydrogens (tertiary/aromatic N) is 4. The Kier molecular flexibility index (Phi) is 9.74. The van der Waals surface area contributed by atoms with Crippen LogP contribution < -0.4 is 14.7 Å². The number of hydrogen-bond donors (Lipinski definition) is 0. The van der Waals surface area contributed by atoms with Crippen LogP contribution in [0.4, 0.5) is 56.9 Å². The van der Waals surface area contributed by atoms with Crippen LogP contribution in [0, 0.1) is 0 Å². The van der Waals surface area contributed by atoms with Gasteiger partial charge in [0, 0.05) is 51.2 Å². The van der Waals surface area contributed by atoms with Gasteiger partial charge in [-0.05, 0) is 175 Å². The van der Waals surface area contributed by atoms with Crippen molar-refractivity contribution in [1.82, 2.24) is 0 Å². The summed E-state index contributed by atoms with van der Waals surface area (Å²) < 4.78 is 4.63. The summed E-state index contributed by atoms with van der Waals surface area (Å²) in [6.45, 7) is 0. The van der Waals surface area contributed by atoms with Crippen LogP contribution in [0.3, 0.4) is 0 Å². The second-order valence-corrected chi connectivity index (χ2v) is 17.0. The minimum absolute atomic E-state index is 0.749. The molecule has 0 N–H and O–H groups in total. The summed E-state index contributed by atoms with van der Waals surface area (Å²) in [6, 6.07) is 92.1. The summed E-state index contributed by atoms with van der Waals surface area (Å²) in [6.07, 6.45) is 0. The summed E-state index contributed by atoms with van der Waals surface area (Å²) in [5.74, 6) is 0. The van der Waals surface area contributed by atoms with Crippen LogP contribution in [0.25, 0.3) is 22.3 Å². The van der Waals surface area contributed by atoms with Crippen molar-refractivity contribution in [1.29, 1.82) is 0 Å². The normalized spacial score (nSPS) is 12.4. The molecule has 0 saturated heterocycles. The zero-order valence-corrected chi connectivity index (χ0v) is 37.0. The van der Waals surface area contributed by atoms with E-state index < -0.39 is 5.41 Å². The van der Waals surface area contributed by atoms with Crippen LogP contribution in [0.1, 0.15) is 22.3 Å². The minimum Gasteiger partial charge on any atom is -0.310 e. The van der Waals surface area contributed by atoms with E-state index in [0.717, 1.165) is 56.9 Å². The van der Waals surface area contributed by atoms with E-state index >= 15 is 0 Å². The van der Waals surface area contributed by atoms with Crippen LogP contribution in [0.5, 0.6) is 0 Å². The maximum Gasteiger partial charge on any atom is 0.0728 e. The van der Waals surface area contributed by atoms with E-state index in [1.54, 1.807) is 0 Å². The molecule has 0 saturated carbocycles. The molecule has 0 heterocycles. The summed E-state index contributed by atoms with van der Waals surface area (Å²) in [7, 11) is 3.57. The van der Waals surface area contributed by atoms with Gasteiger partial charge in [0.05, 0.1) is 11.1 Å². The Bertz CT molecular complexity index is 3000. The van der Waals surface area contributed by atoms with Crippen LogP contribution >= 0.6 is 9.03 Å². The molecule has 10 aromatic rings. The molecule has 5 heteroatoms. The molecule has 2 aliphatic rings. The molecule has 0 unspecified atom stereocenters. The quantitative estimate of drug-likeness (QED) is 0.128. The van der Waals surface area contributed by atoms with Gasteiger partial charge in [-0.25, -0.2) is 4.74 Å². The van der Waals surface area contributed by atoms with E-state index in [9.17, 15) is 0 Å². The molecule has 66 heavy (non-hydrogen) atoms. The fourth-order valence-electron chi connectivity index (χ4n) is 10.5. The predicted molar refractivity (Wildman–Crippen MR) is 277 cm³/mol. The Balaban J connectivity index is 1.18. The topological polar surface area (TPSA) is 22.1 Å². The molecular formula is C61H43N4P. The van der Waals surface area contributed by atoms with Gasteiger partial charge < -0.3 is 14.7 Å². The number of fused-ring (bicyclic) bond motifs is 10. The summed E-state index contributed by atoms with van der Waals surface area (Å²) in [5, 5.41) is 0. The molecule has 312 valence electrons. The number of hydrogen-bond acceptors (Lipinski definition) is 4. The highest BCUT2D eigenvalue weighted by molar-refractivity contribution is 7.04. The summed E-state index contributed by atoms with van der Waals surface area (Å²) >= 11 is 0. The monoisotopic (exact) mass is 862 g/mol. The number of benzene rings is 10. The van der Waals surface area contributed by atoms with Crippen molar-refractivity contribution in [2.75, 3.05) is 14.7 Å². The molecule has 12 rings (SSSR count). The Morgan fingerprint density at radius 2 is 0.500 bits per heavy atom. The summed E-state index contributed by atoms with van der Waals surface area (Å²) in [5.41, 5.74) is 19.6. The molecule has 10 aromatic carbocycles. The largest absolute Gasteiger partial charge is 0.310 e. The minimum atomic E-state index is -0.749. The van der Waals surface area contributed by atoms with Gasteiger partial charge in [0.1, 0.15) is 0 Å². The molecule has 0 radical (unpaired) electrons. The first-order valence-electron chi connectivity index (χ1n) is 22.4. The molecule has 0 fully saturated rings. The summed E-state index contributed by atoms with van der Waals surface area (Å²) in [4.78, 5) is 7.12. The van der Waals surface area contributed by atoms with Crippen molar-refractivity contribution >= 4 is 65.9 Å². The van der Waals surface area contributed by atoms with E-state index in [2.05, 4.69) is 283 Å². The first-order chi connectivity index (χ1) is 32.7. The highest BCUT2D eigenvalue weighted by atomic mass is 31.0. The molecule has 2 aliphatic carbocycles. The zero-order chi connectivity index (χ0) is 44.0. The average molecular weight is 863 g/mol. The third kappa shape index (κ3) is 6.37. The van der Waals surface area contributed by atoms with Crippen molar-refractivity contribution < 1.29 is 0 Å². The standard InChI is InChI=1S/C61H43N4P/c66-62-43-31-35-53-54-36-32-50(63(44-19-7-1-8-20-44)45-21-9-2-10-22-45)40-58(54)61(57(53)39-43)59-41-51(64(46-23-11-3-12-24-46)47-25-13-4-14-26-47)33-37-55(59)56-38-34-52(42-60(56)61)65(48-27-15-5-16-28-48)49-29-17-6-18-30-49/h1-42,66H. The first-order valence-corrected chi connectivity index (χ1v) is 22.8. The van der Waals surface area contributed by atoms with E-state index in [1.165, 1.54) is 44.5 Å². The lowest BCUT2D eigenvalue weighted by atomic mass is 9.70. The van der Waals surface area contributed by atoms with Gasteiger partial charge in [-0.1, -0.05) is 133 Å². The average Bonchev–Trinajstić information content (AvgIpc) is 3.84. The lowest BCUT2D eigenvalue weighted by Gasteiger charge is -2.34. The third-order valence-corrected chi connectivity index (χ3v) is 13.5. The van der Waals surface area contributed by atoms with Crippen molar-refractivity contribution in [2.45, 2.75) is 5.41 Å². The van der Waals surface area contributed by atoms with Gasteiger partial charge >= 0.3 is 0 Å². The highest BCUT2D eigenvalue weighted by Gasteiger charge is 2.52. The fraction of sp³-hybridized carbons (Fsp3) is 0.0164. The molecule has 0 bridgehead atoms. The SMILES string of the molecule is P=Nc1ccc2c(c1)C1(c3cc(N(c4ccccc4)c4ccccc4)ccc3-2)c2cc(N(c3ccccc3)c3ccccc3)ccc2-c2ccc(N(c3ccccc3)c3ccccc3)cc21. The first kappa shape index (κ1) is 39.3. The zero-order valence-electron chi connectivity index (χ0n) is 36.0. The van der Waals surface area contributed by atoms with E-state index in [1.807, 2.05) is 0 Å². The molecule has 0 amide bonds. The van der Waals surface area contributed by atoms with E-state index in [-0.39, 0.29) is 0 Å². The Morgan fingerprint density at radius 3 is 0.758 bits per heavy atom. The number of anilines is 9. The Labute approximate surface area is 388 Å². The predicted octanol–water partition coefficient (Wildman–Crippen LogP) is 17.4. The van der Waals surface area contributed by atoms with Gasteiger partial charge in [0.2, 0.25) is 0 Å². The molecule has 0 atom stereocenters. The second kappa shape index (κ2) is 16.4. The van der Waals surface area contributed by atoms with Gasteiger partial charge in [0.25, 0.3) is 0 Å². The molecule has 0 aliphatic heterocycles. The maximum absolute atomic E-state index is 4.63. The Morgan fingerprint density at radius 1 is 0.258 bits per heavy atom. The van der Waals surface area contributed by atoms with E-state index in [4.69, 9.17) is 0 Å². The van der Waals surface area contributed by atoms with Gasteiger partial charge in [-0.2, -0.15) is 0 Å². The lowest BCUT2D eigenvalue weighted by Crippen LogP contribution is -2.27. The van der Waals surface area contributed by atoms with Crippen LogP contribution in [0.2, 0.25) is 0 Å². The van der Waals surface area contributed by atoms with Crippen molar-refractivity contribution in [2.24, 2.45) is 4.74 Å². The lowest BCUT2D eigenvalue weighted by molar-refractivity contribution is 0.793. The van der Waals surface area contributed by atoms with Crippen molar-refractivity contribution in [3.63, 3.8) is 0 Å². The third-order valence-electron chi connectivity index (χ3n) is 13.2. The van der Waals surface area contributed by atoms with Crippen molar-refractivity contribution in [3.8, 4) is 22.3 Å².